The second kappa shape index (κ2) is 6.27. The zero-order valence-corrected chi connectivity index (χ0v) is 12.1. The first-order chi connectivity index (χ1) is 10.6. The lowest BCUT2D eigenvalue weighted by molar-refractivity contribution is 0.246. The predicted octanol–water partition coefficient (Wildman–Crippen LogP) is 1.98. The van der Waals surface area contributed by atoms with E-state index in [1.165, 1.54) is 18.2 Å². The molecule has 0 unspecified atom stereocenters. The molecule has 1 aromatic carbocycles. The van der Waals surface area contributed by atoms with Gasteiger partial charge in [-0.25, -0.2) is 8.78 Å². The molecule has 6 heteroatoms. The van der Waals surface area contributed by atoms with Crippen LogP contribution >= 0.6 is 0 Å². The van der Waals surface area contributed by atoms with Crippen LogP contribution in [-0.4, -0.2) is 36.1 Å². The van der Waals surface area contributed by atoms with Gasteiger partial charge >= 0.3 is 0 Å². The van der Waals surface area contributed by atoms with Crippen molar-refractivity contribution < 1.29 is 8.78 Å². The fraction of sp³-hybridized carbons (Fsp3) is 0.312. The second-order valence-corrected chi connectivity index (χ2v) is 5.40. The Morgan fingerprint density at radius 2 is 1.82 bits per heavy atom. The van der Waals surface area contributed by atoms with E-state index in [4.69, 9.17) is 0 Å². The number of H-pyrrole nitrogens is 1. The van der Waals surface area contributed by atoms with E-state index in [9.17, 15) is 13.6 Å². The number of nitrogens with one attached hydrogen (secondary N) is 1. The van der Waals surface area contributed by atoms with E-state index in [0.29, 0.717) is 12.1 Å². The number of rotatable bonds is 3. The van der Waals surface area contributed by atoms with Crippen molar-refractivity contribution in [1.29, 1.82) is 0 Å². The van der Waals surface area contributed by atoms with E-state index in [1.54, 1.807) is 6.07 Å². The maximum absolute atomic E-state index is 13.7. The van der Waals surface area contributed by atoms with Crippen LogP contribution in [0.2, 0.25) is 0 Å². The molecule has 22 heavy (non-hydrogen) atoms. The summed E-state index contributed by atoms with van der Waals surface area (Å²) < 4.78 is 26.6. The molecular weight excluding hydrogens is 288 g/mol. The zero-order chi connectivity index (χ0) is 15.5. The van der Waals surface area contributed by atoms with Gasteiger partial charge in [0, 0.05) is 50.4 Å². The van der Waals surface area contributed by atoms with Crippen LogP contribution < -0.4 is 10.5 Å². The summed E-state index contributed by atoms with van der Waals surface area (Å²) in [6.07, 6.45) is 0. The predicted molar refractivity (Wildman–Crippen MR) is 80.9 cm³/mol. The van der Waals surface area contributed by atoms with Crippen LogP contribution in [0.3, 0.4) is 0 Å². The number of pyridine rings is 1. The summed E-state index contributed by atoms with van der Waals surface area (Å²) in [4.78, 5) is 18.4. The van der Waals surface area contributed by atoms with E-state index in [1.807, 2.05) is 6.07 Å². The summed E-state index contributed by atoms with van der Waals surface area (Å²) >= 11 is 0. The fourth-order valence-electron chi connectivity index (χ4n) is 2.66. The van der Waals surface area contributed by atoms with Gasteiger partial charge in [0.05, 0.1) is 0 Å². The van der Waals surface area contributed by atoms with Gasteiger partial charge in [-0.3, -0.25) is 9.69 Å². The molecule has 2 aromatic rings. The Bertz CT molecular complexity index is 709. The standard InChI is InChI=1S/C16H17F2N3O/c17-13-5-4-12(14(18)10-13)11-20-6-8-21(9-7-20)15-2-1-3-16(22)19-15/h1-5,10H,6-9,11H2,(H,19,22). The molecule has 1 aliphatic rings. The van der Waals surface area contributed by atoms with Gasteiger partial charge in [0.1, 0.15) is 17.5 Å². The summed E-state index contributed by atoms with van der Waals surface area (Å²) in [5.41, 5.74) is 0.385. The molecule has 3 rings (SSSR count). The molecule has 0 atom stereocenters. The Kier molecular flexibility index (Phi) is 4.20. The van der Waals surface area contributed by atoms with Crippen LogP contribution in [0.4, 0.5) is 14.6 Å². The normalized spacial score (nSPS) is 16.0. The first kappa shape index (κ1) is 14.7. The van der Waals surface area contributed by atoms with Gasteiger partial charge in [-0.05, 0) is 12.1 Å². The number of aromatic nitrogens is 1. The maximum atomic E-state index is 13.7. The Balaban J connectivity index is 1.61. The highest BCUT2D eigenvalue weighted by Crippen LogP contribution is 2.16. The Labute approximate surface area is 127 Å². The van der Waals surface area contributed by atoms with Crippen molar-refractivity contribution >= 4 is 5.82 Å². The van der Waals surface area contributed by atoms with Crippen LogP contribution in [0.25, 0.3) is 0 Å². The molecule has 0 saturated carbocycles. The molecule has 1 aromatic heterocycles. The summed E-state index contributed by atoms with van der Waals surface area (Å²) in [6.45, 7) is 3.48. The van der Waals surface area contributed by atoms with Crippen LogP contribution in [0.15, 0.2) is 41.2 Å². The zero-order valence-electron chi connectivity index (χ0n) is 12.1. The number of hydrogen-bond acceptors (Lipinski definition) is 3. The van der Waals surface area contributed by atoms with E-state index in [0.717, 1.165) is 38.1 Å². The summed E-state index contributed by atoms with van der Waals surface area (Å²) in [7, 11) is 0. The first-order valence-corrected chi connectivity index (χ1v) is 7.22. The molecule has 2 heterocycles. The van der Waals surface area contributed by atoms with Gasteiger partial charge in [0.2, 0.25) is 5.56 Å². The van der Waals surface area contributed by atoms with Crippen molar-refractivity contribution in [2.45, 2.75) is 6.54 Å². The van der Waals surface area contributed by atoms with Crippen LogP contribution in [0.5, 0.6) is 0 Å². The molecule has 116 valence electrons. The molecule has 0 aliphatic carbocycles. The summed E-state index contributed by atoms with van der Waals surface area (Å²) in [5, 5.41) is 0. The summed E-state index contributed by atoms with van der Waals surface area (Å²) in [6, 6.07) is 8.78. The van der Waals surface area contributed by atoms with Crippen molar-refractivity contribution in [3.63, 3.8) is 0 Å². The number of aromatic amines is 1. The van der Waals surface area contributed by atoms with E-state index >= 15 is 0 Å². The molecular formula is C16H17F2N3O. The maximum Gasteiger partial charge on any atom is 0.249 e. The van der Waals surface area contributed by atoms with Crippen molar-refractivity contribution in [2.24, 2.45) is 0 Å². The fourth-order valence-corrected chi connectivity index (χ4v) is 2.66. The third-order valence-electron chi connectivity index (χ3n) is 3.88. The van der Waals surface area contributed by atoms with Gasteiger partial charge < -0.3 is 9.88 Å². The molecule has 1 aliphatic heterocycles. The average molecular weight is 305 g/mol. The monoisotopic (exact) mass is 305 g/mol. The number of nitrogens with zero attached hydrogens (tertiary/aromatic N) is 2. The molecule has 1 fully saturated rings. The number of halogens is 2. The SMILES string of the molecule is O=c1cccc(N2CCN(Cc3ccc(F)cc3F)CC2)[nH]1. The Morgan fingerprint density at radius 1 is 1.05 bits per heavy atom. The topological polar surface area (TPSA) is 39.3 Å². The highest BCUT2D eigenvalue weighted by atomic mass is 19.1. The van der Waals surface area contributed by atoms with E-state index in [2.05, 4.69) is 14.8 Å². The van der Waals surface area contributed by atoms with Crippen molar-refractivity contribution in [2.75, 3.05) is 31.1 Å². The Hall–Kier alpha value is -2.21. The highest BCUT2D eigenvalue weighted by Gasteiger charge is 2.18. The number of anilines is 1. The molecule has 0 amide bonds. The van der Waals surface area contributed by atoms with Gasteiger partial charge in [0.15, 0.2) is 0 Å². The van der Waals surface area contributed by atoms with Crippen LogP contribution in [0.1, 0.15) is 5.56 Å². The molecule has 4 nitrogen and oxygen atoms in total. The lowest BCUT2D eigenvalue weighted by Gasteiger charge is -2.35. The average Bonchev–Trinajstić information content (AvgIpc) is 2.51. The molecule has 0 bridgehead atoms. The number of hydrogen-bond donors (Lipinski definition) is 1. The molecule has 0 spiro atoms. The minimum Gasteiger partial charge on any atom is -0.356 e. The molecule has 1 N–H and O–H groups in total. The van der Waals surface area contributed by atoms with Crippen molar-refractivity contribution in [3.8, 4) is 0 Å². The van der Waals surface area contributed by atoms with Crippen molar-refractivity contribution in [1.82, 2.24) is 9.88 Å². The Morgan fingerprint density at radius 3 is 2.50 bits per heavy atom. The van der Waals surface area contributed by atoms with Gasteiger partial charge in [-0.1, -0.05) is 12.1 Å². The van der Waals surface area contributed by atoms with Crippen LogP contribution in [-0.2, 0) is 6.54 Å². The van der Waals surface area contributed by atoms with E-state index in [-0.39, 0.29) is 5.56 Å². The second-order valence-electron chi connectivity index (χ2n) is 5.40. The van der Waals surface area contributed by atoms with Crippen LogP contribution in [0, 0.1) is 11.6 Å². The third-order valence-corrected chi connectivity index (χ3v) is 3.88. The quantitative estimate of drug-likeness (QED) is 0.942. The van der Waals surface area contributed by atoms with E-state index < -0.39 is 11.6 Å². The lowest BCUT2D eigenvalue weighted by atomic mass is 10.2. The third kappa shape index (κ3) is 3.33. The molecule has 1 saturated heterocycles. The molecule has 0 radical (unpaired) electrons. The van der Waals surface area contributed by atoms with Gasteiger partial charge in [0.25, 0.3) is 0 Å². The largest absolute Gasteiger partial charge is 0.356 e. The lowest BCUT2D eigenvalue weighted by Crippen LogP contribution is -2.46. The minimum absolute atomic E-state index is 0.117. The highest BCUT2D eigenvalue weighted by molar-refractivity contribution is 5.38. The number of piperazine rings is 1. The van der Waals surface area contributed by atoms with Gasteiger partial charge in [-0.15, -0.1) is 0 Å². The first-order valence-electron chi connectivity index (χ1n) is 7.22. The van der Waals surface area contributed by atoms with Gasteiger partial charge in [-0.2, -0.15) is 0 Å². The number of benzene rings is 1. The smallest absolute Gasteiger partial charge is 0.249 e. The van der Waals surface area contributed by atoms with Crippen molar-refractivity contribution in [3.05, 3.63) is 63.9 Å². The minimum atomic E-state index is -0.556. The summed E-state index contributed by atoms with van der Waals surface area (Å²) in [5.74, 6) is -0.256.